The van der Waals surface area contributed by atoms with E-state index in [2.05, 4.69) is 121 Å². The molecule has 208 valence electrons. The maximum Gasteiger partial charge on any atom is 0.160 e. The number of fused-ring (bicyclic) bond motifs is 2. The highest BCUT2D eigenvalue weighted by molar-refractivity contribution is 5.73. The number of rotatable bonds is 5. The van der Waals surface area contributed by atoms with Crippen molar-refractivity contribution in [1.82, 2.24) is 9.97 Å². The number of nitrogens with zero attached hydrogens (tertiary/aromatic N) is 2. The van der Waals surface area contributed by atoms with Crippen LogP contribution in [0.25, 0.3) is 33.9 Å². The summed E-state index contributed by atoms with van der Waals surface area (Å²) < 4.78 is 6.46. The van der Waals surface area contributed by atoms with E-state index in [4.69, 9.17) is 14.7 Å². The lowest BCUT2D eigenvalue weighted by molar-refractivity contribution is 0.434. The Hall–Kier alpha value is -5.80. The Bertz CT molecular complexity index is 1970. The van der Waals surface area contributed by atoms with Gasteiger partial charge in [-0.1, -0.05) is 152 Å². The van der Waals surface area contributed by atoms with Gasteiger partial charge in [0.25, 0.3) is 0 Å². The minimum atomic E-state index is -0.562. The van der Waals surface area contributed by atoms with Gasteiger partial charge < -0.3 is 4.74 Å². The molecule has 0 N–H and O–H groups in total. The summed E-state index contributed by atoms with van der Waals surface area (Å²) in [7, 11) is 0. The Morgan fingerprint density at radius 2 is 0.818 bits per heavy atom. The van der Waals surface area contributed by atoms with Gasteiger partial charge in [0.1, 0.15) is 11.5 Å². The van der Waals surface area contributed by atoms with Crippen molar-refractivity contribution in [3.05, 3.63) is 192 Å². The third-order valence-corrected chi connectivity index (χ3v) is 8.45. The molecule has 0 saturated heterocycles. The lowest BCUT2D eigenvalue weighted by Gasteiger charge is -2.41. The molecule has 3 nitrogen and oxygen atoms in total. The van der Waals surface area contributed by atoms with Crippen LogP contribution in [0.1, 0.15) is 22.3 Å². The maximum absolute atomic E-state index is 6.46. The van der Waals surface area contributed by atoms with Crippen LogP contribution in [0.2, 0.25) is 0 Å². The number of aromatic nitrogens is 2. The first-order valence-electron chi connectivity index (χ1n) is 14.8. The van der Waals surface area contributed by atoms with Crippen LogP contribution in [-0.2, 0) is 5.41 Å². The van der Waals surface area contributed by atoms with Crippen LogP contribution in [0.4, 0.5) is 0 Å². The number of ether oxygens (including phenoxy) is 1. The van der Waals surface area contributed by atoms with E-state index in [1.807, 2.05) is 48.5 Å². The van der Waals surface area contributed by atoms with Crippen LogP contribution >= 0.6 is 0 Å². The number of hydrogen-bond acceptors (Lipinski definition) is 3. The highest BCUT2D eigenvalue weighted by Crippen LogP contribution is 2.55. The lowest BCUT2D eigenvalue weighted by atomic mass is 9.63. The van der Waals surface area contributed by atoms with E-state index >= 15 is 0 Å². The minimum absolute atomic E-state index is 0.562. The molecule has 0 atom stereocenters. The van der Waals surface area contributed by atoms with E-state index < -0.39 is 5.41 Å². The highest BCUT2D eigenvalue weighted by atomic mass is 16.5. The van der Waals surface area contributed by atoms with Crippen molar-refractivity contribution in [3.8, 4) is 45.4 Å². The zero-order valence-corrected chi connectivity index (χ0v) is 24.0. The second-order valence-corrected chi connectivity index (χ2v) is 11.0. The highest BCUT2D eigenvalue weighted by Gasteiger charge is 2.45. The molecule has 44 heavy (non-hydrogen) atoms. The molecule has 7 aromatic rings. The smallest absolute Gasteiger partial charge is 0.160 e. The molecule has 0 aliphatic carbocycles. The Morgan fingerprint density at radius 1 is 0.386 bits per heavy atom. The van der Waals surface area contributed by atoms with Gasteiger partial charge in [-0.15, -0.1) is 0 Å². The molecular weight excluding hydrogens is 536 g/mol. The maximum atomic E-state index is 6.46. The summed E-state index contributed by atoms with van der Waals surface area (Å²) in [5.74, 6) is 2.43. The third-order valence-electron chi connectivity index (χ3n) is 8.45. The molecule has 2 heterocycles. The zero-order valence-electron chi connectivity index (χ0n) is 24.0. The van der Waals surface area contributed by atoms with Crippen LogP contribution in [0.3, 0.4) is 0 Å². The first-order valence-corrected chi connectivity index (χ1v) is 14.8. The molecular formula is C41H28N2O. The number of hydrogen-bond donors (Lipinski definition) is 0. The van der Waals surface area contributed by atoms with Gasteiger partial charge >= 0.3 is 0 Å². The molecule has 1 aliphatic rings. The van der Waals surface area contributed by atoms with Crippen molar-refractivity contribution in [1.29, 1.82) is 0 Å². The Kier molecular flexibility index (Phi) is 6.35. The largest absolute Gasteiger partial charge is 0.457 e. The van der Waals surface area contributed by atoms with Crippen LogP contribution in [0, 0.1) is 0 Å². The molecule has 0 radical (unpaired) electrons. The van der Waals surface area contributed by atoms with Crippen molar-refractivity contribution in [2.24, 2.45) is 0 Å². The quantitative estimate of drug-likeness (QED) is 0.209. The first-order chi connectivity index (χ1) is 21.8. The standard InChI is InChI=1S/C41H28N2O/c1-4-14-29(15-5-1)36-28-37(30-16-6-2-7-17-30)43-40(42-36)31-24-26-33(27-25-31)41(32-18-8-3-9-19-32)34-20-10-12-22-38(34)44-39-23-13-11-21-35(39)41/h1-28H. The summed E-state index contributed by atoms with van der Waals surface area (Å²) in [5.41, 5.74) is 8.87. The molecule has 8 rings (SSSR count). The fourth-order valence-electron chi connectivity index (χ4n) is 6.43. The molecule has 1 aliphatic heterocycles. The molecule has 0 saturated carbocycles. The van der Waals surface area contributed by atoms with Crippen LogP contribution in [-0.4, -0.2) is 9.97 Å². The van der Waals surface area contributed by atoms with Gasteiger partial charge in [0.05, 0.1) is 16.8 Å². The Morgan fingerprint density at radius 3 is 1.34 bits per heavy atom. The first kappa shape index (κ1) is 25.9. The van der Waals surface area contributed by atoms with Crippen LogP contribution in [0.5, 0.6) is 11.5 Å². The van der Waals surface area contributed by atoms with Gasteiger partial charge in [-0.25, -0.2) is 9.97 Å². The summed E-state index contributed by atoms with van der Waals surface area (Å²) >= 11 is 0. The SMILES string of the molecule is c1ccc(-c2cc(-c3ccccc3)nc(-c3ccc(C4(c5ccccc5)c5ccccc5Oc5ccccc54)cc3)n2)cc1. The fraction of sp³-hybridized carbons (Fsp3) is 0.0244. The normalized spacial score (nSPS) is 12.9. The lowest BCUT2D eigenvalue weighted by Crippen LogP contribution is -2.34. The van der Waals surface area contributed by atoms with E-state index in [0.29, 0.717) is 5.82 Å². The summed E-state index contributed by atoms with van der Waals surface area (Å²) in [6, 6.07) is 58.9. The van der Waals surface area contributed by atoms with Crippen molar-refractivity contribution in [2.45, 2.75) is 5.41 Å². The Balaban J connectivity index is 1.32. The van der Waals surface area contributed by atoms with E-state index in [0.717, 1.165) is 56.3 Å². The monoisotopic (exact) mass is 564 g/mol. The molecule has 0 unspecified atom stereocenters. The number of benzene rings is 6. The van der Waals surface area contributed by atoms with E-state index in [1.54, 1.807) is 0 Å². The van der Waals surface area contributed by atoms with Gasteiger partial charge in [0.2, 0.25) is 0 Å². The van der Waals surface area contributed by atoms with Gasteiger partial charge in [0.15, 0.2) is 5.82 Å². The van der Waals surface area contributed by atoms with Gasteiger partial charge in [0, 0.05) is 27.8 Å². The summed E-state index contributed by atoms with van der Waals surface area (Å²) in [5, 5.41) is 0. The average Bonchev–Trinajstić information content (AvgIpc) is 3.11. The predicted octanol–water partition coefficient (Wildman–Crippen LogP) is 9.97. The minimum Gasteiger partial charge on any atom is -0.457 e. The van der Waals surface area contributed by atoms with Crippen molar-refractivity contribution in [2.75, 3.05) is 0 Å². The van der Waals surface area contributed by atoms with Crippen LogP contribution in [0.15, 0.2) is 170 Å². The molecule has 0 fully saturated rings. The average molecular weight is 565 g/mol. The fourth-order valence-corrected chi connectivity index (χ4v) is 6.43. The van der Waals surface area contributed by atoms with Gasteiger partial charge in [-0.2, -0.15) is 0 Å². The summed E-state index contributed by atoms with van der Waals surface area (Å²) in [6.07, 6.45) is 0. The molecule has 0 amide bonds. The third kappa shape index (κ3) is 4.29. The molecule has 6 aromatic carbocycles. The molecule has 0 bridgehead atoms. The summed E-state index contributed by atoms with van der Waals surface area (Å²) in [4.78, 5) is 10.1. The number of para-hydroxylation sites is 2. The topological polar surface area (TPSA) is 35.0 Å². The zero-order chi connectivity index (χ0) is 29.3. The van der Waals surface area contributed by atoms with Crippen molar-refractivity contribution < 1.29 is 4.74 Å². The van der Waals surface area contributed by atoms with Crippen molar-refractivity contribution >= 4 is 0 Å². The van der Waals surface area contributed by atoms with E-state index in [1.165, 1.54) is 5.56 Å². The van der Waals surface area contributed by atoms with Crippen LogP contribution < -0.4 is 4.74 Å². The predicted molar refractivity (Wildman–Crippen MR) is 177 cm³/mol. The molecule has 3 heteroatoms. The van der Waals surface area contributed by atoms with E-state index in [-0.39, 0.29) is 0 Å². The second kappa shape index (κ2) is 10.8. The van der Waals surface area contributed by atoms with E-state index in [9.17, 15) is 0 Å². The van der Waals surface area contributed by atoms with Gasteiger partial charge in [-0.3, -0.25) is 0 Å². The molecule has 1 aromatic heterocycles. The summed E-state index contributed by atoms with van der Waals surface area (Å²) in [6.45, 7) is 0. The van der Waals surface area contributed by atoms with Crippen molar-refractivity contribution in [3.63, 3.8) is 0 Å². The second-order valence-electron chi connectivity index (χ2n) is 11.0. The molecule has 0 spiro atoms. The van der Waals surface area contributed by atoms with Gasteiger partial charge in [-0.05, 0) is 29.3 Å². The Labute approximate surface area is 257 Å².